The molecule has 2 heterocycles. The van der Waals surface area contributed by atoms with E-state index in [2.05, 4.69) is 16.8 Å². The Balaban J connectivity index is 1.81. The highest BCUT2D eigenvalue weighted by Gasteiger charge is 2.24. The molecule has 2 rings (SSSR count). The molecule has 0 amide bonds. The van der Waals surface area contributed by atoms with Gasteiger partial charge in [-0.2, -0.15) is 0 Å². The fraction of sp³-hybridized carbons (Fsp3) is 0.900. The van der Waals surface area contributed by atoms with E-state index in [4.69, 9.17) is 5.41 Å². The predicted molar refractivity (Wildman–Crippen MR) is 54.1 cm³/mol. The van der Waals surface area contributed by atoms with Gasteiger partial charge in [-0.05, 0) is 32.4 Å². The van der Waals surface area contributed by atoms with E-state index in [1.165, 1.54) is 25.9 Å². The van der Waals surface area contributed by atoms with Crippen molar-refractivity contribution in [3.05, 3.63) is 0 Å². The molecule has 0 spiro atoms. The third-order valence-electron chi connectivity index (χ3n) is 3.19. The highest BCUT2D eigenvalue weighted by molar-refractivity contribution is 5.80. The second kappa shape index (κ2) is 3.66. The Morgan fingerprint density at radius 1 is 1.46 bits per heavy atom. The van der Waals surface area contributed by atoms with Gasteiger partial charge in [0.2, 0.25) is 0 Å². The SMILES string of the molecule is CN1CCC(CN2CCCC2=N)C1. The lowest BCUT2D eigenvalue weighted by atomic mass is 10.1. The van der Waals surface area contributed by atoms with Crippen molar-refractivity contribution in [2.45, 2.75) is 19.3 Å². The van der Waals surface area contributed by atoms with Crippen LogP contribution in [0.2, 0.25) is 0 Å². The molecule has 0 radical (unpaired) electrons. The van der Waals surface area contributed by atoms with Gasteiger partial charge in [-0.15, -0.1) is 0 Å². The molecule has 1 unspecified atom stereocenters. The third-order valence-corrected chi connectivity index (χ3v) is 3.19. The number of amidine groups is 1. The van der Waals surface area contributed by atoms with Crippen LogP contribution < -0.4 is 0 Å². The maximum Gasteiger partial charge on any atom is 0.0958 e. The van der Waals surface area contributed by atoms with Crippen molar-refractivity contribution < 1.29 is 0 Å². The van der Waals surface area contributed by atoms with Crippen molar-refractivity contribution in [1.82, 2.24) is 9.80 Å². The summed E-state index contributed by atoms with van der Waals surface area (Å²) in [7, 11) is 2.19. The summed E-state index contributed by atoms with van der Waals surface area (Å²) in [5.41, 5.74) is 0. The minimum atomic E-state index is 0.809. The zero-order valence-corrected chi connectivity index (χ0v) is 8.42. The summed E-state index contributed by atoms with van der Waals surface area (Å²) in [6.45, 7) is 4.72. The fourth-order valence-electron chi connectivity index (χ4n) is 2.42. The molecule has 0 aromatic rings. The first-order chi connectivity index (χ1) is 6.25. The first kappa shape index (κ1) is 9.00. The van der Waals surface area contributed by atoms with E-state index in [1.807, 2.05) is 0 Å². The number of nitrogens with zero attached hydrogens (tertiary/aromatic N) is 2. The molecule has 0 bridgehead atoms. The molecule has 0 saturated carbocycles. The average Bonchev–Trinajstić information content (AvgIpc) is 2.64. The van der Waals surface area contributed by atoms with Crippen molar-refractivity contribution in [3.8, 4) is 0 Å². The van der Waals surface area contributed by atoms with Crippen LogP contribution in [-0.2, 0) is 0 Å². The number of hydrogen-bond donors (Lipinski definition) is 1. The zero-order valence-electron chi connectivity index (χ0n) is 8.42. The first-order valence-corrected chi connectivity index (χ1v) is 5.26. The monoisotopic (exact) mass is 181 g/mol. The van der Waals surface area contributed by atoms with Gasteiger partial charge in [-0.1, -0.05) is 0 Å². The van der Waals surface area contributed by atoms with Crippen LogP contribution in [-0.4, -0.2) is 48.9 Å². The average molecular weight is 181 g/mol. The lowest BCUT2D eigenvalue weighted by Gasteiger charge is -2.21. The van der Waals surface area contributed by atoms with Gasteiger partial charge in [0, 0.05) is 26.1 Å². The van der Waals surface area contributed by atoms with E-state index < -0.39 is 0 Å². The Kier molecular flexibility index (Phi) is 2.54. The van der Waals surface area contributed by atoms with Gasteiger partial charge in [0.05, 0.1) is 5.84 Å². The van der Waals surface area contributed by atoms with Crippen LogP contribution in [0.3, 0.4) is 0 Å². The van der Waals surface area contributed by atoms with Crippen LogP contribution >= 0.6 is 0 Å². The fourth-order valence-corrected chi connectivity index (χ4v) is 2.42. The summed E-state index contributed by atoms with van der Waals surface area (Å²) in [5, 5.41) is 7.73. The van der Waals surface area contributed by atoms with Crippen molar-refractivity contribution >= 4 is 5.84 Å². The Bertz CT molecular complexity index is 202. The van der Waals surface area contributed by atoms with Crippen LogP contribution in [0.25, 0.3) is 0 Å². The second-order valence-electron chi connectivity index (χ2n) is 4.41. The van der Waals surface area contributed by atoms with Crippen molar-refractivity contribution in [1.29, 1.82) is 5.41 Å². The zero-order chi connectivity index (χ0) is 9.26. The Morgan fingerprint density at radius 2 is 2.31 bits per heavy atom. The summed E-state index contributed by atoms with van der Waals surface area (Å²) in [5.74, 6) is 1.68. The van der Waals surface area contributed by atoms with Crippen molar-refractivity contribution in [3.63, 3.8) is 0 Å². The molecule has 2 fully saturated rings. The quantitative estimate of drug-likeness (QED) is 0.689. The number of likely N-dealkylation sites (tertiary alicyclic amines) is 2. The van der Waals surface area contributed by atoms with Gasteiger partial charge in [-0.25, -0.2) is 0 Å². The maximum absolute atomic E-state index is 7.73. The van der Waals surface area contributed by atoms with Gasteiger partial charge < -0.3 is 9.80 Å². The highest BCUT2D eigenvalue weighted by atomic mass is 15.2. The molecular weight excluding hydrogens is 162 g/mol. The predicted octanol–water partition coefficient (Wildman–Crippen LogP) is 1.01. The molecule has 74 valence electrons. The van der Waals surface area contributed by atoms with E-state index in [0.717, 1.165) is 31.3 Å². The lowest BCUT2D eigenvalue weighted by molar-refractivity contribution is 0.339. The Hall–Kier alpha value is -0.570. The van der Waals surface area contributed by atoms with Gasteiger partial charge in [0.25, 0.3) is 0 Å². The standard InChI is InChI=1S/C10H19N3/c1-12-6-4-9(7-12)8-13-5-2-3-10(13)11/h9,11H,2-8H2,1H3. The number of hydrogen-bond acceptors (Lipinski definition) is 2. The number of nitrogens with one attached hydrogen (secondary N) is 1. The van der Waals surface area contributed by atoms with E-state index >= 15 is 0 Å². The molecule has 1 atom stereocenters. The number of rotatable bonds is 2. The largest absolute Gasteiger partial charge is 0.360 e. The molecule has 2 aliphatic rings. The third kappa shape index (κ3) is 2.02. The summed E-state index contributed by atoms with van der Waals surface area (Å²) in [6.07, 6.45) is 3.52. The van der Waals surface area contributed by atoms with Crippen molar-refractivity contribution in [2.24, 2.45) is 5.92 Å². The van der Waals surface area contributed by atoms with Crippen molar-refractivity contribution in [2.75, 3.05) is 33.2 Å². The van der Waals surface area contributed by atoms with Gasteiger partial charge in [-0.3, -0.25) is 5.41 Å². The molecule has 0 aromatic heterocycles. The van der Waals surface area contributed by atoms with E-state index in [0.29, 0.717) is 0 Å². The van der Waals surface area contributed by atoms with E-state index in [9.17, 15) is 0 Å². The van der Waals surface area contributed by atoms with E-state index in [1.54, 1.807) is 0 Å². The normalized spacial score (nSPS) is 30.4. The van der Waals surface area contributed by atoms with Gasteiger partial charge in [0.15, 0.2) is 0 Å². The second-order valence-corrected chi connectivity index (χ2v) is 4.41. The molecule has 2 saturated heterocycles. The highest BCUT2D eigenvalue weighted by Crippen LogP contribution is 2.19. The molecule has 13 heavy (non-hydrogen) atoms. The molecule has 2 aliphatic heterocycles. The topological polar surface area (TPSA) is 30.3 Å². The van der Waals surface area contributed by atoms with Crippen LogP contribution in [0.1, 0.15) is 19.3 Å². The van der Waals surface area contributed by atoms with Gasteiger partial charge >= 0.3 is 0 Å². The molecular formula is C10H19N3. The first-order valence-electron chi connectivity index (χ1n) is 5.26. The molecule has 3 nitrogen and oxygen atoms in total. The molecule has 0 aliphatic carbocycles. The van der Waals surface area contributed by atoms with Crippen LogP contribution in [0, 0.1) is 11.3 Å². The molecule has 0 aromatic carbocycles. The lowest BCUT2D eigenvalue weighted by Crippen LogP contribution is -2.31. The van der Waals surface area contributed by atoms with E-state index in [-0.39, 0.29) is 0 Å². The smallest absolute Gasteiger partial charge is 0.0958 e. The summed E-state index contributed by atoms with van der Waals surface area (Å²) in [6, 6.07) is 0. The minimum Gasteiger partial charge on any atom is -0.360 e. The summed E-state index contributed by atoms with van der Waals surface area (Å²) >= 11 is 0. The summed E-state index contributed by atoms with van der Waals surface area (Å²) < 4.78 is 0. The van der Waals surface area contributed by atoms with Gasteiger partial charge in [0.1, 0.15) is 0 Å². The molecule has 1 N–H and O–H groups in total. The molecule has 3 heteroatoms. The van der Waals surface area contributed by atoms with Crippen LogP contribution in [0.5, 0.6) is 0 Å². The maximum atomic E-state index is 7.73. The minimum absolute atomic E-state index is 0.809. The summed E-state index contributed by atoms with van der Waals surface area (Å²) in [4.78, 5) is 4.66. The Labute approximate surface area is 80.2 Å². The van der Waals surface area contributed by atoms with Crippen LogP contribution in [0.4, 0.5) is 0 Å². The van der Waals surface area contributed by atoms with Crippen LogP contribution in [0.15, 0.2) is 0 Å². The Morgan fingerprint density at radius 3 is 2.85 bits per heavy atom.